The molecule has 0 aliphatic rings. The van der Waals surface area contributed by atoms with Crippen LogP contribution in [0.25, 0.3) is 0 Å². The number of hydrogen-bond acceptors (Lipinski definition) is 3. The van der Waals surface area contributed by atoms with E-state index < -0.39 is 15.7 Å². The van der Waals surface area contributed by atoms with Crippen LogP contribution in [-0.4, -0.2) is 21.2 Å². The number of hydrogen-bond donors (Lipinski definition) is 1. The summed E-state index contributed by atoms with van der Waals surface area (Å²) in [5, 5.41) is 0. The van der Waals surface area contributed by atoms with E-state index in [1.165, 1.54) is 18.2 Å². The fourth-order valence-electron chi connectivity index (χ4n) is 1.22. The highest BCUT2D eigenvalue weighted by molar-refractivity contribution is 7.90. The van der Waals surface area contributed by atoms with Gasteiger partial charge in [0.2, 0.25) is 0 Å². The largest absolute Gasteiger partial charge is 0.325 e. The molecule has 0 aliphatic carbocycles. The second kappa shape index (κ2) is 5.23. The highest BCUT2D eigenvalue weighted by atomic mass is 32.2. The van der Waals surface area contributed by atoms with E-state index in [0.29, 0.717) is 6.42 Å². The topological polar surface area (TPSA) is 60.2 Å². The minimum Gasteiger partial charge on any atom is -0.325 e. The SMILES string of the molecule is CS(=O)(=O)c1cccc(CC=C(F)CN)c1. The molecule has 0 spiro atoms. The highest BCUT2D eigenvalue weighted by Crippen LogP contribution is 2.12. The van der Waals surface area contributed by atoms with Gasteiger partial charge in [-0.25, -0.2) is 12.8 Å². The fourth-order valence-corrected chi connectivity index (χ4v) is 1.91. The molecule has 5 heteroatoms. The Hall–Kier alpha value is -1.20. The molecule has 3 nitrogen and oxygen atoms in total. The van der Waals surface area contributed by atoms with Crippen molar-refractivity contribution in [3.05, 3.63) is 41.7 Å². The summed E-state index contributed by atoms with van der Waals surface area (Å²) in [5.41, 5.74) is 5.84. The first-order chi connectivity index (χ1) is 7.43. The molecular weight excluding hydrogens is 229 g/mol. The number of halogens is 1. The maximum absolute atomic E-state index is 12.8. The van der Waals surface area contributed by atoms with E-state index in [-0.39, 0.29) is 11.4 Å². The number of benzene rings is 1. The molecule has 0 saturated heterocycles. The molecular formula is C11H14FNO2S. The summed E-state index contributed by atoms with van der Waals surface area (Å²) in [7, 11) is -3.21. The van der Waals surface area contributed by atoms with Gasteiger partial charge < -0.3 is 5.73 Å². The van der Waals surface area contributed by atoms with E-state index >= 15 is 0 Å². The maximum Gasteiger partial charge on any atom is 0.175 e. The van der Waals surface area contributed by atoms with Gasteiger partial charge in [-0.15, -0.1) is 0 Å². The van der Waals surface area contributed by atoms with E-state index in [9.17, 15) is 12.8 Å². The Labute approximate surface area is 94.7 Å². The Bertz CT molecular complexity index is 494. The van der Waals surface area contributed by atoms with E-state index in [4.69, 9.17) is 5.73 Å². The molecule has 16 heavy (non-hydrogen) atoms. The van der Waals surface area contributed by atoms with Crippen LogP contribution in [-0.2, 0) is 16.3 Å². The molecule has 0 radical (unpaired) electrons. The molecule has 0 aliphatic heterocycles. The molecule has 1 rings (SSSR count). The molecule has 0 amide bonds. The first-order valence-electron chi connectivity index (χ1n) is 4.77. The van der Waals surface area contributed by atoms with Gasteiger partial charge >= 0.3 is 0 Å². The monoisotopic (exact) mass is 243 g/mol. The van der Waals surface area contributed by atoms with Crippen molar-refractivity contribution < 1.29 is 12.8 Å². The highest BCUT2D eigenvalue weighted by Gasteiger charge is 2.06. The zero-order valence-corrected chi connectivity index (χ0v) is 9.80. The predicted molar refractivity (Wildman–Crippen MR) is 61.5 cm³/mol. The van der Waals surface area contributed by atoms with Gasteiger partial charge in [0.25, 0.3) is 0 Å². The second-order valence-electron chi connectivity index (χ2n) is 3.48. The van der Waals surface area contributed by atoms with Crippen LogP contribution in [0, 0.1) is 0 Å². The second-order valence-corrected chi connectivity index (χ2v) is 5.49. The van der Waals surface area contributed by atoms with Crippen molar-refractivity contribution in [3.63, 3.8) is 0 Å². The minimum atomic E-state index is -3.21. The van der Waals surface area contributed by atoms with Crippen molar-refractivity contribution in [2.24, 2.45) is 5.73 Å². The third-order valence-corrected chi connectivity index (χ3v) is 3.19. The molecule has 1 aromatic carbocycles. The van der Waals surface area contributed by atoms with E-state index in [1.807, 2.05) is 0 Å². The first-order valence-corrected chi connectivity index (χ1v) is 6.66. The Morgan fingerprint density at radius 3 is 2.75 bits per heavy atom. The van der Waals surface area contributed by atoms with Crippen molar-refractivity contribution in [2.75, 3.05) is 12.8 Å². The Balaban J connectivity index is 2.92. The van der Waals surface area contributed by atoms with Gasteiger partial charge in [-0.1, -0.05) is 12.1 Å². The zero-order chi connectivity index (χ0) is 12.2. The molecule has 0 atom stereocenters. The summed E-state index contributed by atoms with van der Waals surface area (Å²) in [6.45, 7) is -0.133. The molecule has 0 aromatic heterocycles. The predicted octanol–water partition coefficient (Wildman–Crippen LogP) is 1.44. The van der Waals surface area contributed by atoms with Gasteiger partial charge in [-0.2, -0.15) is 0 Å². The molecule has 1 aromatic rings. The van der Waals surface area contributed by atoms with Crippen molar-refractivity contribution in [3.8, 4) is 0 Å². The van der Waals surface area contributed by atoms with Crippen LogP contribution in [0.15, 0.2) is 41.1 Å². The van der Waals surface area contributed by atoms with Gasteiger partial charge in [0.1, 0.15) is 5.83 Å². The molecule has 0 fully saturated rings. The summed E-state index contributed by atoms with van der Waals surface area (Å²) in [6.07, 6.45) is 2.83. The van der Waals surface area contributed by atoms with Crippen LogP contribution in [0.5, 0.6) is 0 Å². The number of allylic oxidation sites excluding steroid dienone is 1. The van der Waals surface area contributed by atoms with Crippen molar-refractivity contribution in [2.45, 2.75) is 11.3 Å². The van der Waals surface area contributed by atoms with Gasteiger partial charge in [-0.3, -0.25) is 0 Å². The van der Waals surface area contributed by atoms with Gasteiger partial charge in [0.05, 0.1) is 4.90 Å². The molecule has 0 unspecified atom stereocenters. The fraction of sp³-hybridized carbons (Fsp3) is 0.273. The number of rotatable bonds is 4. The summed E-state index contributed by atoms with van der Waals surface area (Å²) < 4.78 is 35.3. The van der Waals surface area contributed by atoms with Crippen molar-refractivity contribution in [1.29, 1.82) is 0 Å². The standard InChI is InChI=1S/C11H14FNO2S/c1-16(14,15)11-4-2-3-9(7-11)5-6-10(12)8-13/h2-4,6-7H,5,8,13H2,1H3. The van der Waals surface area contributed by atoms with Crippen LogP contribution in [0.2, 0.25) is 0 Å². The lowest BCUT2D eigenvalue weighted by Crippen LogP contribution is -2.00. The van der Waals surface area contributed by atoms with Gasteiger partial charge in [0, 0.05) is 12.8 Å². The van der Waals surface area contributed by atoms with Crippen LogP contribution < -0.4 is 5.73 Å². The number of nitrogens with two attached hydrogens (primary N) is 1. The average molecular weight is 243 g/mol. The first kappa shape index (κ1) is 12.9. The van der Waals surface area contributed by atoms with E-state index in [1.54, 1.807) is 12.1 Å². The average Bonchev–Trinajstić information content (AvgIpc) is 2.25. The summed E-state index contributed by atoms with van der Waals surface area (Å²) in [4.78, 5) is 0.242. The normalized spacial score (nSPS) is 12.8. The zero-order valence-electron chi connectivity index (χ0n) is 8.98. The molecule has 2 N–H and O–H groups in total. The lowest BCUT2D eigenvalue weighted by molar-refractivity contribution is 0.602. The van der Waals surface area contributed by atoms with Crippen LogP contribution >= 0.6 is 0 Å². The lowest BCUT2D eigenvalue weighted by Gasteiger charge is -2.01. The molecule has 0 saturated carbocycles. The summed E-state index contributed by atoms with van der Waals surface area (Å²) in [5.74, 6) is -0.398. The van der Waals surface area contributed by atoms with Crippen molar-refractivity contribution >= 4 is 9.84 Å². The maximum atomic E-state index is 12.8. The van der Waals surface area contributed by atoms with Crippen LogP contribution in [0.1, 0.15) is 5.56 Å². The van der Waals surface area contributed by atoms with Gasteiger partial charge in [0.15, 0.2) is 9.84 Å². The smallest absolute Gasteiger partial charge is 0.175 e. The number of sulfone groups is 1. The Morgan fingerprint density at radius 2 is 2.19 bits per heavy atom. The Morgan fingerprint density at radius 1 is 1.50 bits per heavy atom. The van der Waals surface area contributed by atoms with Crippen molar-refractivity contribution in [1.82, 2.24) is 0 Å². The minimum absolute atomic E-state index is 0.133. The third-order valence-electron chi connectivity index (χ3n) is 2.08. The van der Waals surface area contributed by atoms with E-state index in [0.717, 1.165) is 11.8 Å². The van der Waals surface area contributed by atoms with Crippen LogP contribution in [0.4, 0.5) is 4.39 Å². The quantitative estimate of drug-likeness (QED) is 0.870. The summed E-state index contributed by atoms with van der Waals surface area (Å²) >= 11 is 0. The third kappa shape index (κ3) is 3.75. The summed E-state index contributed by atoms with van der Waals surface area (Å²) in [6, 6.07) is 6.44. The molecule has 0 heterocycles. The lowest BCUT2D eigenvalue weighted by atomic mass is 10.1. The molecule has 88 valence electrons. The van der Waals surface area contributed by atoms with Gasteiger partial charge in [-0.05, 0) is 30.2 Å². The van der Waals surface area contributed by atoms with E-state index in [2.05, 4.69) is 0 Å². The Kier molecular flexibility index (Phi) is 4.20. The molecule has 0 bridgehead atoms. The van der Waals surface area contributed by atoms with Crippen LogP contribution in [0.3, 0.4) is 0 Å².